The number of rotatable bonds is 9. The molecule has 1 atom stereocenters. The molecule has 39 heavy (non-hydrogen) atoms. The lowest BCUT2D eigenvalue weighted by Crippen LogP contribution is -2.39. The molecule has 9 nitrogen and oxygen atoms in total. The van der Waals surface area contributed by atoms with Crippen LogP contribution in [0.15, 0.2) is 51.8 Å². The SMILES string of the molecule is CC(C)C[C@@H](CO)NC(=O)c1c(-c2ccsc2)nc2c(C(=O)NCc3ccc4nc(N)sc4c3)cc(Br)cn12. The van der Waals surface area contributed by atoms with Gasteiger partial charge in [-0.05, 0) is 63.5 Å². The van der Waals surface area contributed by atoms with Crippen LogP contribution < -0.4 is 16.4 Å². The molecule has 4 heterocycles. The van der Waals surface area contributed by atoms with Crippen molar-refractivity contribution in [1.29, 1.82) is 0 Å². The van der Waals surface area contributed by atoms with Crippen LogP contribution in [0.5, 0.6) is 0 Å². The summed E-state index contributed by atoms with van der Waals surface area (Å²) in [4.78, 5) is 36.1. The van der Waals surface area contributed by atoms with Crippen LogP contribution in [0.2, 0.25) is 0 Å². The van der Waals surface area contributed by atoms with Crippen molar-refractivity contribution in [2.75, 3.05) is 12.3 Å². The van der Waals surface area contributed by atoms with E-state index in [4.69, 9.17) is 10.7 Å². The fraction of sp³-hybridized carbons (Fsp3) is 0.259. The Morgan fingerprint density at radius 1 is 1.18 bits per heavy atom. The Balaban J connectivity index is 1.50. The molecule has 0 unspecified atom stereocenters. The molecule has 0 saturated carbocycles. The molecule has 0 bridgehead atoms. The number of thiophene rings is 1. The van der Waals surface area contributed by atoms with Gasteiger partial charge in [-0.1, -0.05) is 31.3 Å². The average molecular weight is 628 g/mol. The maximum absolute atomic E-state index is 13.6. The van der Waals surface area contributed by atoms with Gasteiger partial charge < -0.3 is 21.5 Å². The number of hydrogen-bond acceptors (Lipinski definition) is 8. The summed E-state index contributed by atoms with van der Waals surface area (Å²) in [5.41, 5.74) is 9.77. The maximum atomic E-state index is 13.6. The molecule has 0 spiro atoms. The van der Waals surface area contributed by atoms with Crippen LogP contribution in [0.1, 0.15) is 46.7 Å². The summed E-state index contributed by atoms with van der Waals surface area (Å²) >= 11 is 6.39. The number of aromatic nitrogens is 3. The van der Waals surface area contributed by atoms with Gasteiger partial charge in [0.15, 0.2) is 10.8 Å². The van der Waals surface area contributed by atoms with Gasteiger partial charge in [0, 0.05) is 28.2 Å². The normalized spacial score (nSPS) is 12.3. The lowest BCUT2D eigenvalue weighted by atomic mass is 10.0. The number of nitrogens with two attached hydrogens (primary N) is 1. The van der Waals surface area contributed by atoms with Crippen LogP contribution in [-0.4, -0.2) is 43.9 Å². The molecule has 0 aliphatic heterocycles. The molecule has 5 N–H and O–H groups in total. The van der Waals surface area contributed by atoms with Gasteiger partial charge in [-0.15, -0.1) is 0 Å². The zero-order chi connectivity index (χ0) is 27.7. The molecule has 12 heteroatoms. The molecule has 2 amide bonds. The second kappa shape index (κ2) is 11.4. The number of nitrogens with zero attached hydrogens (tertiary/aromatic N) is 3. The zero-order valence-electron chi connectivity index (χ0n) is 21.3. The Morgan fingerprint density at radius 2 is 2.00 bits per heavy atom. The summed E-state index contributed by atoms with van der Waals surface area (Å²) in [7, 11) is 0. The number of carbonyl (C=O) groups is 2. The van der Waals surface area contributed by atoms with Crippen molar-refractivity contribution in [1.82, 2.24) is 25.0 Å². The number of aliphatic hydroxyl groups excluding tert-OH is 1. The van der Waals surface area contributed by atoms with Crippen LogP contribution in [0, 0.1) is 5.92 Å². The number of nitrogens with one attached hydrogen (secondary N) is 2. The highest BCUT2D eigenvalue weighted by molar-refractivity contribution is 9.10. The molecule has 5 rings (SSSR count). The fourth-order valence-electron chi connectivity index (χ4n) is 4.47. The number of nitrogen functional groups attached to an aromatic ring is 1. The first kappa shape index (κ1) is 27.3. The smallest absolute Gasteiger partial charge is 0.270 e. The average Bonchev–Trinajstić information content (AvgIpc) is 3.63. The number of imidazole rings is 1. The predicted molar refractivity (Wildman–Crippen MR) is 159 cm³/mol. The number of carbonyl (C=O) groups excluding carboxylic acids is 2. The van der Waals surface area contributed by atoms with Crippen LogP contribution in [-0.2, 0) is 6.54 Å². The number of benzene rings is 1. The van der Waals surface area contributed by atoms with Crippen molar-refractivity contribution in [2.45, 2.75) is 32.9 Å². The minimum absolute atomic E-state index is 0.175. The van der Waals surface area contributed by atoms with E-state index in [1.54, 1.807) is 16.7 Å². The topological polar surface area (TPSA) is 135 Å². The number of hydrogen-bond donors (Lipinski definition) is 4. The second-order valence-electron chi connectivity index (χ2n) is 9.61. The molecule has 0 radical (unpaired) electrons. The molecular formula is C27H27BrN6O3S2. The highest BCUT2D eigenvalue weighted by atomic mass is 79.9. The Kier molecular flexibility index (Phi) is 7.98. The van der Waals surface area contributed by atoms with E-state index in [0.29, 0.717) is 51.1 Å². The van der Waals surface area contributed by atoms with E-state index < -0.39 is 6.04 Å². The summed E-state index contributed by atoms with van der Waals surface area (Å²) in [6.45, 7) is 4.19. The first-order valence-corrected chi connectivity index (χ1v) is 14.9. The van der Waals surface area contributed by atoms with E-state index in [1.165, 1.54) is 22.7 Å². The van der Waals surface area contributed by atoms with E-state index in [2.05, 4.69) is 31.5 Å². The van der Waals surface area contributed by atoms with E-state index in [0.717, 1.165) is 21.3 Å². The van der Waals surface area contributed by atoms with Gasteiger partial charge in [0.25, 0.3) is 11.8 Å². The molecule has 0 aliphatic carbocycles. The molecule has 5 aromatic rings. The minimum Gasteiger partial charge on any atom is -0.394 e. The largest absolute Gasteiger partial charge is 0.394 e. The summed E-state index contributed by atoms with van der Waals surface area (Å²) in [6.07, 6.45) is 2.35. The first-order chi connectivity index (χ1) is 18.7. The molecule has 4 aromatic heterocycles. The second-order valence-corrected chi connectivity index (χ2v) is 12.4. The number of pyridine rings is 1. The lowest BCUT2D eigenvalue weighted by Gasteiger charge is -2.18. The van der Waals surface area contributed by atoms with Crippen LogP contribution in [0.25, 0.3) is 27.1 Å². The van der Waals surface area contributed by atoms with Crippen molar-refractivity contribution in [2.24, 2.45) is 5.92 Å². The molecule has 0 saturated heterocycles. The van der Waals surface area contributed by atoms with Crippen LogP contribution in [0.4, 0.5) is 5.13 Å². The Labute approximate surface area is 241 Å². The van der Waals surface area contributed by atoms with Gasteiger partial charge in [0.05, 0.1) is 28.4 Å². The lowest BCUT2D eigenvalue weighted by molar-refractivity contribution is 0.0901. The number of fused-ring (bicyclic) bond motifs is 2. The first-order valence-electron chi connectivity index (χ1n) is 12.3. The molecule has 202 valence electrons. The third-order valence-corrected chi connectivity index (χ3v) is 8.14. The third kappa shape index (κ3) is 5.83. The van der Waals surface area contributed by atoms with Crippen molar-refractivity contribution in [3.8, 4) is 11.3 Å². The van der Waals surface area contributed by atoms with E-state index in [1.807, 2.05) is 48.9 Å². The maximum Gasteiger partial charge on any atom is 0.270 e. The summed E-state index contributed by atoms with van der Waals surface area (Å²) in [5.74, 6) is -0.406. The van der Waals surface area contributed by atoms with E-state index in [9.17, 15) is 14.7 Å². The Bertz CT molecular complexity index is 1660. The zero-order valence-corrected chi connectivity index (χ0v) is 24.5. The number of halogens is 1. The number of thiazole rings is 1. The van der Waals surface area contributed by atoms with Gasteiger partial charge in [-0.25, -0.2) is 9.97 Å². The van der Waals surface area contributed by atoms with Gasteiger partial charge in [-0.2, -0.15) is 11.3 Å². The van der Waals surface area contributed by atoms with Crippen LogP contribution >= 0.6 is 38.6 Å². The number of anilines is 1. The van der Waals surface area contributed by atoms with Gasteiger partial charge in [0.2, 0.25) is 0 Å². The van der Waals surface area contributed by atoms with Gasteiger partial charge in [0.1, 0.15) is 11.4 Å². The van der Waals surface area contributed by atoms with Gasteiger partial charge >= 0.3 is 0 Å². The predicted octanol–water partition coefficient (Wildman–Crippen LogP) is 5.08. The van der Waals surface area contributed by atoms with E-state index in [-0.39, 0.29) is 18.4 Å². The fourth-order valence-corrected chi connectivity index (χ4v) is 6.34. The standard InChI is InChI=1S/C27H27BrN6O3S2/c1-14(2)7-18(12-35)31-26(37)23-22(16-5-6-38-13-16)33-24-19(9-17(28)11-34(23)24)25(36)30-10-15-3-4-20-21(8-15)39-27(29)32-20/h3-6,8-9,11,13-14,18,35H,7,10,12H2,1-2H3,(H2,29,32)(H,30,36)(H,31,37)/t18-/m0/s1. The monoisotopic (exact) mass is 626 g/mol. The highest BCUT2D eigenvalue weighted by Gasteiger charge is 2.26. The number of aliphatic hydroxyl groups is 1. The third-order valence-electron chi connectivity index (χ3n) is 6.17. The summed E-state index contributed by atoms with van der Waals surface area (Å²) in [6, 6.07) is 8.92. The summed E-state index contributed by atoms with van der Waals surface area (Å²) < 4.78 is 3.20. The van der Waals surface area contributed by atoms with Crippen molar-refractivity contribution >= 4 is 71.4 Å². The molecule has 1 aromatic carbocycles. The Hall–Kier alpha value is -3.32. The molecule has 0 aliphatic rings. The minimum atomic E-state index is -0.403. The quantitative estimate of drug-likeness (QED) is 0.180. The van der Waals surface area contributed by atoms with Gasteiger partial charge in [-0.3, -0.25) is 14.0 Å². The Morgan fingerprint density at radius 3 is 2.72 bits per heavy atom. The summed E-state index contributed by atoms with van der Waals surface area (Å²) in [5, 5.41) is 20.1. The van der Waals surface area contributed by atoms with Crippen molar-refractivity contribution in [3.05, 3.63) is 68.6 Å². The number of amides is 2. The van der Waals surface area contributed by atoms with E-state index >= 15 is 0 Å². The van der Waals surface area contributed by atoms with Crippen LogP contribution in [0.3, 0.4) is 0 Å². The van der Waals surface area contributed by atoms with Crippen molar-refractivity contribution in [3.63, 3.8) is 0 Å². The molecule has 0 fully saturated rings. The molecular weight excluding hydrogens is 600 g/mol. The highest BCUT2D eigenvalue weighted by Crippen LogP contribution is 2.30. The van der Waals surface area contributed by atoms with Crippen molar-refractivity contribution < 1.29 is 14.7 Å².